The van der Waals surface area contributed by atoms with Crippen LogP contribution in [0.4, 0.5) is 0 Å². The van der Waals surface area contributed by atoms with Crippen molar-refractivity contribution in [2.75, 3.05) is 40.0 Å². The standard InChI is InChI=1S/C9H16N2O3/c1-13-9(12)8-6-14-3-2-11(8)7-4-10-5-7/h7-8,10H,2-6H2,1H3. The maximum atomic E-state index is 11.5. The number of nitrogens with zero attached hydrogens (tertiary/aromatic N) is 1. The summed E-state index contributed by atoms with van der Waals surface area (Å²) in [5, 5.41) is 3.20. The molecule has 0 spiro atoms. The first kappa shape index (κ1) is 9.89. The van der Waals surface area contributed by atoms with Crippen LogP contribution in [0.1, 0.15) is 0 Å². The van der Waals surface area contributed by atoms with Gasteiger partial charge in [-0.3, -0.25) is 9.69 Å². The molecule has 2 fully saturated rings. The number of methoxy groups -OCH3 is 1. The molecule has 0 radical (unpaired) electrons. The summed E-state index contributed by atoms with van der Waals surface area (Å²) in [4.78, 5) is 13.6. The fourth-order valence-corrected chi connectivity index (χ4v) is 1.90. The lowest BCUT2D eigenvalue weighted by molar-refractivity contribution is -0.156. The Morgan fingerprint density at radius 2 is 2.36 bits per heavy atom. The van der Waals surface area contributed by atoms with E-state index in [1.165, 1.54) is 7.11 Å². The summed E-state index contributed by atoms with van der Waals surface area (Å²) in [6, 6.07) is 0.267. The van der Waals surface area contributed by atoms with Gasteiger partial charge in [-0.25, -0.2) is 0 Å². The van der Waals surface area contributed by atoms with Crippen molar-refractivity contribution in [1.29, 1.82) is 0 Å². The van der Waals surface area contributed by atoms with Crippen LogP contribution in [-0.2, 0) is 14.3 Å². The summed E-state index contributed by atoms with van der Waals surface area (Å²) < 4.78 is 10.0. The first-order valence-corrected chi connectivity index (χ1v) is 4.95. The highest BCUT2D eigenvalue weighted by Crippen LogP contribution is 2.15. The number of morpholine rings is 1. The Hall–Kier alpha value is -0.650. The number of ether oxygens (including phenoxy) is 2. The van der Waals surface area contributed by atoms with Crippen LogP contribution in [0.25, 0.3) is 0 Å². The second kappa shape index (κ2) is 4.25. The Morgan fingerprint density at radius 3 is 2.93 bits per heavy atom. The van der Waals surface area contributed by atoms with Crippen LogP contribution in [0.2, 0.25) is 0 Å². The van der Waals surface area contributed by atoms with Crippen LogP contribution in [0, 0.1) is 0 Å². The summed E-state index contributed by atoms with van der Waals surface area (Å²) in [5.74, 6) is -0.184. The van der Waals surface area contributed by atoms with Gasteiger partial charge in [-0.2, -0.15) is 0 Å². The first-order valence-electron chi connectivity index (χ1n) is 4.95. The van der Waals surface area contributed by atoms with E-state index in [0.717, 1.165) is 19.6 Å². The molecule has 0 aromatic rings. The molecule has 80 valence electrons. The van der Waals surface area contributed by atoms with E-state index in [0.29, 0.717) is 19.3 Å². The van der Waals surface area contributed by atoms with Gasteiger partial charge in [0.1, 0.15) is 6.04 Å². The van der Waals surface area contributed by atoms with Gasteiger partial charge < -0.3 is 14.8 Å². The predicted octanol–water partition coefficient (Wildman–Crippen LogP) is -1.17. The molecule has 2 aliphatic heterocycles. The largest absolute Gasteiger partial charge is 0.468 e. The molecule has 0 saturated carbocycles. The van der Waals surface area contributed by atoms with Crippen LogP contribution >= 0.6 is 0 Å². The SMILES string of the molecule is COC(=O)C1COCCN1C1CNC1. The smallest absolute Gasteiger partial charge is 0.325 e. The summed E-state index contributed by atoms with van der Waals surface area (Å²) >= 11 is 0. The van der Waals surface area contributed by atoms with Crippen molar-refractivity contribution in [3.05, 3.63) is 0 Å². The number of rotatable bonds is 2. The van der Waals surface area contributed by atoms with E-state index in [4.69, 9.17) is 9.47 Å². The second-order valence-electron chi connectivity index (χ2n) is 3.66. The van der Waals surface area contributed by atoms with Crippen LogP contribution < -0.4 is 5.32 Å². The summed E-state index contributed by atoms with van der Waals surface area (Å²) in [7, 11) is 1.42. The van der Waals surface area contributed by atoms with Gasteiger partial charge >= 0.3 is 5.97 Å². The normalized spacial score (nSPS) is 29.6. The molecular formula is C9H16N2O3. The number of carbonyl (C=O) groups is 1. The summed E-state index contributed by atoms with van der Waals surface area (Å²) in [6.07, 6.45) is 0. The van der Waals surface area contributed by atoms with Crippen molar-refractivity contribution in [2.45, 2.75) is 12.1 Å². The lowest BCUT2D eigenvalue weighted by Crippen LogP contribution is -2.64. The lowest BCUT2D eigenvalue weighted by Gasteiger charge is -2.43. The molecule has 2 aliphatic rings. The lowest BCUT2D eigenvalue weighted by atomic mass is 10.1. The van der Waals surface area contributed by atoms with Crippen LogP contribution in [0.3, 0.4) is 0 Å². The van der Waals surface area contributed by atoms with Gasteiger partial charge in [-0.05, 0) is 0 Å². The Balaban J connectivity index is 1.98. The number of hydrogen-bond acceptors (Lipinski definition) is 5. The topological polar surface area (TPSA) is 50.8 Å². The molecule has 0 bridgehead atoms. The minimum absolute atomic E-state index is 0.184. The zero-order valence-corrected chi connectivity index (χ0v) is 8.36. The van der Waals surface area contributed by atoms with E-state index in [-0.39, 0.29) is 12.0 Å². The van der Waals surface area contributed by atoms with Gasteiger partial charge in [0.2, 0.25) is 0 Å². The van der Waals surface area contributed by atoms with E-state index < -0.39 is 0 Å². The van der Waals surface area contributed by atoms with Crippen molar-refractivity contribution < 1.29 is 14.3 Å². The minimum Gasteiger partial charge on any atom is -0.468 e. The van der Waals surface area contributed by atoms with Gasteiger partial charge in [-0.15, -0.1) is 0 Å². The number of esters is 1. The number of hydrogen-bond donors (Lipinski definition) is 1. The number of nitrogens with one attached hydrogen (secondary N) is 1. The van der Waals surface area contributed by atoms with Crippen molar-refractivity contribution in [3.8, 4) is 0 Å². The van der Waals surface area contributed by atoms with Crippen molar-refractivity contribution in [1.82, 2.24) is 10.2 Å². The molecule has 0 amide bonds. The van der Waals surface area contributed by atoms with Crippen LogP contribution in [-0.4, -0.2) is 62.9 Å². The van der Waals surface area contributed by atoms with Gasteiger partial charge in [0, 0.05) is 25.7 Å². The molecule has 1 unspecified atom stereocenters. The molecule has 2 rings (SSSR count). The molecule has 2 saturated heterocycles. The van der Waals surface area contributed by atoms with E-state index in [1.54, 1.807) is 0 Å². The summed E-state index contributed by atoms with van der Waals surface area (Å²) in [6.45, 7) is 3.93. The van der Waals surface area contributed by atoms with Crippen molar-refractivity contribution in [2.24, 2.45) is 0 Å². The Kier molecular flexibility index (Phi) is 3.00. The highest BCUT2D eigenvalue weighted by molar-refractivity contribution is 5.76. The van der Waals surface area contributed by atoms with Crippen molar-refractivity contribution in [3.63, 3.8) is 0 Å². The molecule has 1 N–H and O–H groups in total. The fourth-order valence-electron chi connectivity index (χ4n) is 1.90. The average molecular weight is 200 g/mol. The summed E-state index contributed by atoms with van der Waals surface area (Å²) in [5.41, 5.74) is 0. The zero-order chi connectivity index (χ0) is 9.97. The highest BCUT2D eigenvalue weighted by atomic mass is 16.5. The van der Waals surface area contributed by atoms with Gasteiger partial charge in [0.25, 0.3) is 0 Å². The van der Waals surface area contributed by atoms with Gasteiger partial charge in [0.05, 0.1) is 20.3 Å². The third kappa shape index (κ3) is 1.75. The molecule has 2 heterocycles. The number of carbonyl (C=O) groups excluding carboxylic acids is 1. The first-order chi connectivity index (χ1) is 6.83. The fraction of sp³-hybridized carbons (Fsp3) is 0.889. The Bertz CT molecular complexity index is 218. The maximum absolute atomic E-state index is 11.5. The Morgan fingerprint density at radius 1 is 1.57 bits per heavy atom. The molecule has 0 aromatic heterocycles. The average Bonchev–Trinajstić information content (AvgIpc) is 2.15. The van der Waals surface area contributed by atoms with Crippen LogP contribution in [0.15, 0.2) is 0 Å². The van der Waals surface area contributed by atoms with Crippen molar-refractivity contribution >= 4 is 5.97 Å². The third-order valence-electron chi connectivity index (χ3n) is 2.87. The minimum atomic E-state index is -0.208. The second-order valence-corrected chi connectivity index (χ2v) is 3.66. The molecular weight excluding hydrogens is 184 g/mol. The molecule has 0 aromatic carbocycles. The molecule has 14 heavy (non-hydrogen) atoms. The van der Waals surface area contributed by atoms with E-state index in [2.05, 4.69) is 10.2 Å². The quantitative estimate of drug-likeness (QED) is 0.569. The van der Waals surface area contributed by atoms with E-state index in [1.807, 2.05) is 0 Å². The van der Waals surface area contributed by atoms with Crippen LogP contribution in [0.5, 0.6) is 0 Å². The van der Waals surface area contributed by atoms with Gasteiger partial charge in [0.15, 0.2) is 0 Å². The molecule has 5 nitrogen and oxygen atoms in total. The monoisotopic (exact) mass is 200 g/mol. The maximum Gasteiger partial charge on any atom is 0.325 e. The Labute approximate surface area is 83.3 Å². The zero-order valence-electron chi connectivity index (χ0n) is 8.36. The third-order valence-corrected chi connectivity index (χ3v) is 2.87. The molecule has 0 aliphatic carbocycles. The van der Waals surface area contributed by atoms with E-state index >= 15 is 0 Å². The van der Waals surface area contributed by atoms with E-state index in [9.17, 15) is 4.79 Å². The molecule has 5 heteroatoms. The highest BCUT2D eigenvalue weighted by Gasteiger charge is 2.37. The predicted molar refractivity (Wildman–Crippen MR) is 50.0 cm³/mol. The molecule has 1 atom stereocenters. The van der Waals surface area contributed by atoms with Gasteiger partial charge in [-0.1, -0.05) is 0 Å².